The number of furan rings is 1. The average Bonchev–Trinajstić information content (AvgIpc) is 3.04. The van der Waals surface area contributed by atoms with Gasteiger partial charge >= 0.3 is 0 Å². The molecule has 5 heteroatoms. The Morgan fingerprint density at radius 3 is 2.68 bits per heavy atom. The molecule has 0 amide bonds. The Morgan fingerprint density at radius 2 is 2.00 bits per heavy atom. The SMILES string of the molecule is C[C@H](NCc1ccc(CSC(F)F)o1)C1CCCC1. The van der Waals surface area contributed by atoms with Crippen LogP contribution in [0.15, 0.2) is 16.5 Å². The summed E-state index contributed by atoms with van der Waals surface area (Å²) in [5.41, 5.74) is 0. The van der Waals surface area contributed by atoms with Crippen LogP contribution in [-0.2, 0) is 12.3 Å². The molecule has 1 atom stereocenters. The number of nitrogens with one attached hydrogen (secondary N) is 1. The van der Waals surface area contributed by atoms with Crippen molar-refractivity contribution < 1.29 is 13.2 Å². The van der Waals surface area contributed by atoms with Crippen LogP contribution in [0.3, 0.4) is 0 Å². The molecule has 1 N–H and O–H groups in total. The topological polar surface area (TPSA) is 25.2 Å². The van der Waals surface area contributed by atoms with Crippen molar-refractivity contribution >= 4 is 11.8 Å². The van der Waals surface area contributed by atoms with Crippen molar-refractivity contribution in [3.05, 3.63) is 23.7 Å². The standard InChI is InChI=1S/C14H21F2NOS/c1-10(11-4-2-3-5-11)17-8-12-6-7-13(18-12)9-19-14(15)16/h6-7,10-11,14,17H,2-5,8-9H2,1H3/t10-/m0/s1. The predicted molar refractivity (Wildman–Crippen MR) is 74.3 cm³/mol. The van der Waals surface area contributed by atoms with Crippen LogP contribution < -0.4 is 5.32 Å². The maximum absolute atomic E-state index is 12.1. The molecular formula is C14H21F2NOS. The fraction of sp³-hybridized carbons (Fsp3) is 0.714. The first-order valence-corrected chi connectivity index (χ1v) is 7.91. The lowest BCUT2D eigenvalue weighted by atomic mass is 10.00. The summed E-state index contributed by atoms with van der Waals surface area (Å²) in [4.78, 5) is 0. The third kappa shape index (κ3) is 4.80. The summed E-state index contributed by atoms with van der Waals surface area (Å²) >= 11 is 0.595. The largest absolute Gasteiger partial charge is 0.464 e. The number of thioether (sulfide) groups is 1. The Balaban J connectivity index is 1.73. The monoisotopic (exact) mass is 289 g/mol. The smallest absolute Gasteiger partial charge is 0.284 e. The van der Waals surface area contributed by atoms with Crippen LogP contribution in [-0.4, -0.2) is 11.8 Å². The second-order valence-electron chi connectivity index (χ2n) is 5.15. The second kappa shape index (κ2) is 7.29. The highest BCUT2D eigenvalue weighted by Gasteiger charge is 2.21. The van der Waals surface area contributed by atoms with Crippen LogP contribution in [0.5, 0.6) is 0 Å². The Morgan fingerprint density at radius 1 is 1.32 bits per heavy atom. The van der Waals surface area contributed by atoms with Crippen molar-refractivity contribution in [1.29, 1.82) is 0 Å². The van der Waals surface area contributed by atoms with E-state index in [9.17, 15) is 8.78 Å². The van der Waals surface area contributed by atoms with Gasteiger partial charge in [0.25, 0.3) is 5.76 Å². The summed E-state index contributed by atoms with van der Waals surface area (Å²) in [5, 5.41) is 3.47. The quantitative estimate of drug-likeness (QED) is 0.805. The summed E-state index contributed by atoms with van der Waals surface area (Å²) in [7, 11) is 0. The molecule has 0 aromatic carbocycles. The first kappa shape index (κ1) is 14.9. The molecule has 19 heavy (non-hydrogen) atoms. The Labute approximate surface area is 117 Å². The van der Waals surface area contributed by atoms with E-state index in [1.54, 1.807) is 6.07 Å². The van der Waals surface area contributed by atoms with Crippen LogP contribution in [0.2, 0.25) is 0 Å². The van der Waals surface area contributed by atoms with E-state index in [0.717, 1.165) is 11.7 Å². The minimum absolute atomic E-state index is 0.232. The molecule has 0 spiro atoms. The van der Waals surface area contributed by atoms with E-state index in [4.69, 9.17) is 4.42 Å². The first-order valence-electron chi connectivity index (χ1n) is 6.86. The molecule has 1 aromatic rings. The fourth-order valence-electron chi connectivity index (χ4n) is 2.63. The van der Waals surface area contributed by atoms with Gasteiger partial charge in [-0.05, 0) is 37.8 Å². The van der Waals surface area contributed by atoms with Gasteiger partial charge in [-0.3, -0.25) is 0 Å². The maximum atomic E-state index is 12.1. The number of alkyl halides is 2. The van der Waals surface area contributed by atoms with Crippen molar-refractivity contribution in [2.24, 2.45) is 5.92 Å². The first-order chi connectivity index (χ1) is 9.15. The Kier molecular flexibility index (Phi) is 5.70. The molecule has 1 heterocycles. The third-order valence-corrected chi connectivity index (χ3v) is 4.48. The molecule has 0 saturated heterocycles. The highest BCUT2D eigenvalue weighted by molar-refractivity contribution is 7.98. The van der Waals surface area contributed by atoms with Gasteiger partial charge in [0.1, 0.15) is 11.5 Å². The van der Waals surface area contributed by atoms with E-state index in [2.05, 4.69) is 12.2 Å². The van der Waals surface area contributed by atoms with Crippen LogP contribution in [0, 0.1) is 5.92 Å². The van der Waals surface area contributed by atoms with E-state index >= 15 is 0 Å². The number of rotatable bonds is 7. The Hall–Kier alpha value is -0.550. The van der Waals surface area contributed by atoms with Crippen molar-refractivity contribution in [2.45, 2.75) is 56.7 Å². The highest BCUT2D eigenvalue weighted by Crippen LogP contribution is 2.27. The van der Waals surface area contributed by atoms with Gasteiger partial charge in [-0.25, -0.2) is 0 Å². The molecule has 108 valence electrons. The van der Waals surface area contributed by atoms with Gasteiger partial charge < -0.3 is 9.73 Å². The van der Waals surface area contributed by atoms with Crippen LogP contribution in [0.1, 0.15) is 44.1 Å². The fourth-order valence-corrected chi connectivity index (χ4v) is 3.07. The van der Waals surface area contributed by atoms with Gasteiger partial charge in [0.2, 0.25) is 0 Å². The Bertz CT molecular complexity index is 377. The third-order valence-electron chi connectivity index (χ3n) is 3.77. The zero-order chi connectivity index (χ0) is 13.7. The van der Waals surface area contributed by atoms with E-state index < -0.39 is 5.76 Å². The van der Waals surface area contributed by atoms with E-state index in [1.807, 2.05) is 6.07 Å². The van der Waals surface area contributed by atoms with Crippen LogP contribution >= 0.6 is 11.8 Å². The van der Waals surface area contributed by atoms with Gasteiger partial charge in [0, 0.05) is 6.04 Å². The molecule has 0 radical (unpaired) electrons. The average molecular weight is 289 g/mol. The zero-order valence-electron chi connectivity index (χ0n) is 11.2. The van der Waals surface area contributed by atoms with Gasteiger partial charge in [-0.15, -0.1) is 0 Å². The van der Waals surface area contributed by atoms with E-state index in [0.29, 0.717) is 30.1 Å². The van der Waals surface area contributed by atoms with Crippen molar-refractivity contribution in [1.82, 2.24) is 5.32 Å². The second-order valence-corrected chi connectivity index (χ2v) is 6.13. The molecule has 2 nitrogen and oxygen atoms in total. The molecule has 0 bridgehead atoms. The summed E-state index contributed by atoms with van der Waals surface area (Å²) in [6.07, 6.45) is 5.30. The molecule has 1 aliphatic carbocycles. The number of hydrogen-bond donors (Lipinski definition) is 1. The van der Waals surface area contributed by atoms with Crippen molar-refractivity contribution in [3.63, 3.8) is 0 Å². The lowest BCUT2D eigenvalue weighted by Crippen LogP contribution is -2.31. The molecule has 1 aliphatic rings. The lowest BCUT2D eigenvalue weighted by molar-refractivity contribution is 0.251. The molecule has 0 aliphatic heterocycles. The minimum atomic E-state index is -2.34. The van der Waals surface area contributed by atoms with Crippen molar-refractivity contribution in [3.8, 4) is 0 Å². The summed E-state index contributed by atoms with van der Waals surface area (Å²) in [6, 6.07) is 4.15. The minimum Gasteiger partial charge on any atom is -0.464 e. The summed E-state index contributed by atoms with van der Waals surface area (Å²) in [6.45, 7) is 2.89. The molecule has 0 unspecified atom stereocenters. The highest BCUT2D eigenvalue weighted by atomic mass is 32.2. The number of halogens is 2. The van der Waals surface area contributed by atoms with E-state index in [-0.39, 0.29) is 5.75 Å². The predicted octanol–water partition coefficient (Wildman–Crippen LogP) is 4.40. The molecule has 1 saturated carbocycles. The molecular weight excluding hydrogens is 268 g/mol. The van der Waals surface area contributed by atoms with Gasteiger partial charge in [-0.2, -0.15) is 8.78 Å². The van der Waals surface area contributed by atoms with E-state index in [1.165, 1.54) is 25.7 Å². The van der Waals surface area contributed by atoms with Gasteiger partial charge in [-0.1, -0.05) is 24.6 Å². The molecule has 1 aromatic heterocycles. The van der Waals surface area contributed by atoms with Gasteiger partial charge in [0.15, 0.2) is 0 Å². The van der Waals surface area contributed by atoms with Gasteiger partial charge in [0.05, 0.1) is 12.3 Å². The van der Waals surface area contributed by atoms with Crippen molar-refractivity contribution in [2.75, 3.05) is 0 Å². The summed E-state index contributed by atoms with van der Waals surface area (Å²) < 4.78 is 29.7. The number of hydrogen-bond acceptors (Lipinski definition) is 3. The molecule has 1 fully saturated rings. The summed E-state index contributed by atoms with van der Waals surface area (Å²) in [5.74, 6) is 0.110. The normalized spacial score (nSPS) is 18.3. The maximum Gasteiger partial charge on any atom is 0.284 e. The lowest BCUT2D eigenvalue weighted by Gasteiger charge is -2.19. The van der Waals surface area contributed by atoms with Crippen LogP contribution in [0.25, 0.3) is 0 Å². The molecule has 2 rings (SSSR count). The zero-order valence-corrected chi connectivity index (χ0v) is 12.0. The van der Waals surface area contributed by atoms with Crippen LogP contribution in [0.4, 0.5) is 8.78 Å².